The molecule has 2 fully saturated rings. The molecular formula is C37H46Cl2FN5O5. The van der Waals surface area contributed by atoms with Gasteiger partial charge in [-0.3, -0.25) is 19.4 Å². The molecule has 0 aromatic heterocycles. The summed E-state index contributed by atoms with van der Waals surface area (Å²) >= 11 is 0. The van der Waals surface area contributed by atoms with Gasteiger partial charge in [0.1, 0.15) is 5.82 Å². The van der Waals surface area contributed by atoms with Crippen LogP contribution in [-0.2, 0) is 26.2 Å². The summed E-state index contributed by atoms with van der Waals surface area (Å²) in [4.78, 5) is 46.1. The van der Waals surface area contributed by atoms with Crippen molar-refractivity contribution in [3.8, 4) is 0 Å². The van der Waals surface area contributed by atoms with E-state index in [0.29, 0.717) is 37.1 Å². The summed E-state index contributed by atoms with van der Waals surface area (Å²) in [6.45, 7) is 11.1. The molecule has 3 N–H and O–H groups in total. The minimum atomic E-state index is -1.07. The van der Waals surface area contributed by atoms with Gasteiger partial charge in [0.15, 0.2) is 0 Å². The number of nitrogens with one attached hydrogen (secondary N) is 2. The number of nitrogens with zero attached hydrogens (tertiary/aromatic N) is 3. The smallest absolute Gasteiger partial charge is 0.335 e. The standard InChI is InChI=1S/C37H44FN5O5.2ClH/c1-24-19-42(31(18-39-24)20-41-14-15-48-22-25(41)2)21-34(44)43-23-37(3,36(47)40-30-11-7-28(8-12-30)35(45)46)32-13-6-27(17-33(32)43)16-26-4-9-29(38)10-5-26;;/h4-13,17,24-25,31,39H,14-16,18-23H2,1-3H3,(H,40,47)(H,45,46);2*1H/t24-,25-,31-,37?;;/m1../s1. The summed E-state index contributed by atoms with van der Waals surface area (Å²) in [5.41, 5.74) is 2.85. The van der Waals surface area contributed by atoms with Crippen LogP contribution in [0.1, 0.15) is 47.8 Å². The number of carbonyl (C=O) groups is 3. The van der Waals surface area contributed by atoms with Crippen LogP contribution >= 0.6 is 24.8 Å². The molecule has 1 unspecified atom stereocenters. The summed E-state index contributed by atoms with van der Waals surface area (Å²) in [7, 11) is 0. The number of benzene rings is 3. The van der Waals surface area contributed by atoms with Gasteiger partial charge in [-0.15, -0.1) is 24.8 Å². The zero-order valence-electron chi connectivity index (χ0n) is 28.6. The van der Waals surface area contributed by atoms with Crippen molar-refractivity contribution in [2.45, 2.75) is 50.7 Å². The number of rotatable bonds is 9. The summed E-state index contributed by atoms with van der Waals surface area (Å²) in [5, 5.41) is 15.8. The SMILES string of the molecule is C[C@@H]1CN(CC(=O)N2CC(C)(C(=O)Nc3ccc(C(=O)O)cc3)c3ccc(Cc4ccc(F)cc4)cc32)[C@@H](CN2CCOC[C@H]2C)CN1.Cl.Cl. The van der Waals surface area contributed by atoms with Gasteiger partial charge in [0.2, 0.25) is 11.8 Å². The normalized spacial score (nSPS) is 23.7. The highest BCUT2D eigenvalue weighted by molar-refractivity contribution is 6.07. The first-order valence-electron chi connectivity index (χ1n) is 16.6. The number of anilines is 2. The molecule has 0 bridgehead atoms. The Morgan fingerprint density at radius 1 is 1.00 bits per heavy atom. The van der Waals surface area contributed by atoms with Crippen LogP contribution in [0, 0.1) is 5.82 Å². The molecule has 270 valence electrons. The fraction of sp³-hybridized carbons (Fsp3) is 0.432. The van der Waals surface area contributed by atoms with Gasteiger partial charge >= 0.3 is 5.97 Å². The maximum atomic E-state index is 14.4. The Hall–Kier alpha value is -3.58. The number of amides is 2. The number of fused-ring (bicyclic) bond motifs is 1. The van der Waals surface area contributed by atoms with Gasteiger partial charge in [-0.2, -0.15) is 0 Å². The Balaban J connectivity index is 0.00000281. The van der Waals surface area contributed by atoms with E-state index in [1.54, 1.807) is 29.2 Å². The third-order valence-electron chi connectivity index (χ3n) is 9.95. The Bertz CT molecular complexity index is 1660. The fourth-order valence-corrected chi connectivity index (χ4v) is 7.05. The van der Waals surface area contributed by atoms with Gasteiger partial charge in [0, 0.05) is 62.2 Å². The Morgan fingerprint density at radius 3 is 2.38 bits per heavy atom. The van der Waals surface area contributed by atoms with Crippen molar-refractivity contribution >= 4 is 54.0 Å². The molecule has 0 spiro atoms. The highest BCUT2D eigenvalue weighted by atomic mass is 35.5. The van der Waals surface area contributed by atoms with Gasteiger partial charge in [-0.25, -0.2) is 9.18 Å². The molecule has 4 atom stereocenters. The maximum Gasteiger partial charge on any atom is 0.335 e. The largest absolute Gasteiger partial charge is 0.478 e. The third-order valence-corrected chi connectivity index (χ3v) is 9.95. The second-order valence-corrected chi connectivity index (χ2v) is 13.6. The highest BCUT2D eigenvalue weighted by Crippen LogP contribution is 2.42. The first-order chi connectivity index (χ1) is 23.0. The first kappa shape index (κ1) is 39.2. The molecule has 50 heavy (non-hydrogen) atoms. The molecule has 0 radical (unpaired) electrons. The molecule has 3 aliphatic rings. The first-order valence-corrected chi connectivity index (χ1v) is 16.6. The minimum Gasteiger partial charge on any atom is -0.478 e. The molecular weight excluding hydrogens is 684 g/mol. The summed E-state index contributed by atoms with van der Waals surface area (Å²) < 4.78 is 19.2. The van der Waals surface area contributed by atoms with E-state index in [1.165, 1.54) is 24.3 Å². The summed E-state index contributed by atoms with van der Waals surface area (Å²) in [5.74, 6) is -1.71. The van der Waals surface area contributed by atoms with Crippen molar-refractivity contribution in [2.24, 2.45) is 0 Å². The molecule has 3 heterocycles. The number of hydrogen-bond donors (Lipinski definition) is 3. The van der Waals surface area contributed by atoms with Gasteiger partial charge in [-0.05, 0) is 86.3 Å². The molecule has 6 rings (SSSR count). The number of ether oxygens (including phenoxy) is 1. The topological polar surface area (TPSA) is 114 Å². The van der Waals surface area contributed by atoms with Crippen LogP contribution < -0.4 is 15.5 Å². The highest BCUT2D eigenvalue weighted by Gasteiger charge is 2.47. The summed E-state index contributed by atoms with van der Waals surface area (Å²) in [6, 6.07) is 18.9. The molecule has 10 nitrogen and oxygen atoms in total. The summed E-state index contributed by atoms with van der Waals surface area (Å²) in [6.07, 6.45) is 0.545. The number of halogens is 3. The molecule has 0 saturated carbocycles. The lowest BCUT2D eigenvalue weighted by molar-refractivity contribution is -0.122. The number of carboxylic acid groups (broad SMARTS) is 1. The van der Waals surface area contributed by atoms with Crippen molar-refractivity contribution in [1.29, 1.82) is 0 Å². The lowest BCUT2D eigenvalue weighted by atomic mass is 9.83. The Labute approximate surface area is 305 Å². The van der Waals surface area contributed by atoms with Crippen LogP contribution in [0.4, 0.5) is 15.8 Å². The number of aromatic carboxylic acids is 1. The van der Waals surface area contributed by atoms with Gasteiger partial charge in [0.05, 0.1) is 30.7 Å². The lowest BCUT2D eigenvalue weighted by Crippen LogP contribution is -2.62. The average Bonchev–Trinajstić information content (AvgIpc) is 3.37. The van der Waals surface area contributed by atoms with Crippen LogP contribution in [-0.4, -0.2) is 103 Å². The molecule has 3 aromatic carbocycles. The van der Waals surface area contributed by atoms with Gasteiger partial charge in [-0.1, -0.05) is 24.3 Å². The number of carboxylic acids is 1. The van der Waals surface area contributed by atoms with Crippen molar-refractivity contribution < 1.29 is 28.6 Å². The number of morpholine rings is 1. The van der Waals surface area contributed by atoms with E-state index in [4.69, 9.17) is 4.74 Å². The average molecular weight is 731 g/mol. The third kappa shape index (κ3) is 8.65. The van der Waals surface area contributed by atoms with Crippen LogP contribution in [0.2, 0.25) is 0 Å². The zero-order chi connectivity index (χ0) is 34.0. The molecule has 3 aromatic rings. The Morgan fingerprint density at radius 2 is 1.70 bits per heavy atom. The van der Waals surface area contributed by atoms with E-state index in [1.807, 2.05) is 25.1 Å². The minimum absolute atomic E-state index is 0. The van der Waals surface area contributed by atoms with Gasteiger partial charge < -0.3 is 25.4 Å². The number of carbonyl (C=O) groups excluding carboxylic acids is 2. The monoisotopic (exact) mass is 729 g/mol. The molecule has 2 saturated heterocycles. The van der Waals surface area contributed by atoms with Crippen molar-refractivity contribution in [3.05, 3.63) is 94.8 Å². The van der Waals surface area contributed by atoms with Crippen LogP contribution in [0.5, 0.6) is 0 Å². The van der Waals surface area contributed by atoms with Crippen molar-refractivity contribution in [3.63, 3.8) is 0 Å². The van der Waals surface area contributed by atoms with E-state index in [9.17, 15) is 23.9 Å². The number of piperazine rings is 1. The number of hydrogen-bond acceptors (Lipinski definition) is 7. The second kappa shape index (κ2) is 16.6. The lowest BCUT2D eigenvalue weighted by Gasteiger charge is -2.43. The maximum absolute atomic E-state index is 14.4. The molecule has 0 aliphatic carbocycles. The zero-order valence-corrected chi connectivity index (χ0v) is 30.2. The second-order valence-electron chi connectivity index (χ2n) is 13.6. The van der Waals surface area contributed by atoms with E-state index >= 15 is 0 Å². The van der Waals surface area contributed by atoms with Crippen LogP contribution in [0.15, 0.2) is 66.7 Å². The van der Waals surface area contributed by atoms with E-state index in [2.05, 4.69) is 34.3 Å². The van der Waals surface area contributed by atoms with Crippen LogP contribution in [0.3, 0.4) is 0 Å². The Kier molecular flexibility index (Phi) is 13.0. The van der Waals surface area contributed by atoms with Crippen molar-refractivity contribution in [1.82, 2.24) is 15.1 Å². The van der Waals surface area contributed by atoms with E-state index in [0.717, 1.165) is 42.9 Å². The van der Waals surface area contributed by atoms with Crippen LogP contribution in [0.25, 0.3) is 0 Å². The molecule has 13 heteroatoms. The van der Waals surface area contributed by atoms with E-state index < -0.39 is 11.4 Å². The predicted molar refractivity (Wildman–Crippen MR) is 197 cm³/mol. The predicted octanol–water partition coefficient (Wildman–Crippen LogP) is 4.58. The van der Waals surface area contributed by atoms with E-state index in [-0.39, 0.29) is 73.2 Å². The fourth-order valence-electron chi connectivity index (χ4n) is 7.05. The molecule has 3 aliphatic heterocycles. The van der Waals surface area contributed by atoms with Gasteiger partial charge in [0.25, 0.3) is 0 Å². The quantitative estimate of drug-likeness (QED) is 0.294. The van der Waals surface area contributed by atoms with Crippen molar-refractivity contribution in [2.75, 3.05) is 62.7 Å². The molecule has 2 amide bonds.